The molecule has 3 rings (SSSR count). The summed E-state index contributed by atoms with van der Waals surface area (Å²) in [6.45, 7) is 0. The summed E-state index contributed by atoms with van der Waals surface area (Å²) in [6, 6.07) is 5.38. The van der Waals surface area contributed by atoms with Crippen molar-refractivity contribution < 1.29 is 4.79 Å². The van der Waals surface area contributed by atoms with Gasteiger partial charge in [0.05, 0.1) is 11.7 Å². The van der Waals surface area contributed by atoms with Crippen LogP contribution in [0.25, 0.3) is 16.9 Å². The number of imidazole rings is 1. The molecule has 0 radical (unpaired) electrons. The Kier molecular flexibility index (Phi) is 2.15. The molecule has 0 bridgehead atoms. The van der Waals surface area contributed by atoms with Gasteiger partial charge in [0, 0.05) is 18.0 Å². The molecule has 0 aliphatic heterocycles. The molecule has 82 valence electrons. The van der Waals surface area contributed by atoms with Crippen molar-refractivity contribution in [3.05, 3.63) is 48.7 Å². The van der Waals surface area contributed by atoms with E-state index in [9.17, 15) is 4.79 Å². The maximum absolute atomic E-state index is 10.5. The van der Waals surface area contributed by atoms with Crippen molar-refractivity contribution >= 4 is 17.3 Å². The first-order valence-corrected chi connectivity index (χ1v) is 5.07. The molecule has 0 saturated carbocycles. The first kappa shape index (κ1) is 9.65. The van der Waals surface area contributed by atoms with Crippen molar-refractivity contribution in [2.45, 2.75) is 0 Å². The Morgan fingerprint density at radius 3 is 2.82 bits per heavy atom. The molecule has 0 N–H and O–H groups in total. The second-order valence-corrected chi connectivity index (χ2v) is 3.55. The fourth-order valence-electron chi connectivity index (χ4n) is 1.66. The molecule has 0 atom stereocenters. The van der Waals surface area contributed by atoms with E-state index < -0.39 is 0 Å². The molecule has 3 aromatic heterocycles. The molecule has 0 aliphatic rings. The third-order valence-corrected chi connectivity index (χ3v) is 2.50. The van der Waals surface area contributed by atoms with E-state index >= 15 is 0 Å². The third kappa shape index (κ3) is 1.57. The number of carbonyl (C=O) groups is 1. The van der Waals surface area contributed by atoms with Gasteiger partial charge in [0.2, 0.25) is 0 Å². The van der Waals surface area contributed by atoms with Gasteiger partial charge < -0.3 is 0 Å². The van der Waals surface area contributed by atoms with E-state index in [-0.39, 0.29) is 0 Å². The van der Waals surface area contributed by atoms with E-state index in [4.69, 9.17) is 0 Å². The molecular weight excluding hydrogens is 216 g/mol. The topological polar surface area (TPSA) is 60.7 Å². The number of rotatable bonds is 2. The largest absolute Gasteiger partial charge is 0.298 e. The number of aromatic nitrogens is 4. The molecule has 0 saturated heterocycles. The predicted molar refractivity (Wildman–Crippen MR) is 62.0 cm³/mol. The minimum absolute atomic E-state index is 0.555. The van der Waals surface area contributed by atoms with Crippen molar-refractivity contribution in [2.75, 3.05) is 0 Å². The number of fused-ring (bicyclic) bond motifs is 1. The van der Waals surface area contributed by atoms with Crippen LogP contribution in [0.4, 0.5) is 0 Å². The summed E-state index contributed by atoms with van der Waals surface area (Å²) in [4.78, 5) is 23.0. The Bertz CT molecular complexity index is 672. The van der Waals surface area contributed by atoms with Crippen LogP contribution in [0.2, 0.25) is 0 Å². The Balaban J connectivity index is 2.16. The van der Waals surface area contributed by atoms with Gasteiger partial charge in [0.15, 0.2) is 6.29 Å². The highest BCUT2D eigenvalue weighted by molar-refractivity contribution is 5.76. The molecular formula is C12H8N4O. The van der Waals surface area contributed by atoms with Crippen molar-refractivity contribution in [1.82, 2.24) is 19.5 Å². The summed E-state index contributed by atoms with van der Waals surface area (Å²) in [7, 11) is 0. The molecule has 0 aromatic carbocycles. The summed E-state index contributed by atoms with van der Waals surface area (Å²) in [5.41, 5.74) is 2.31. The number of aldehydes is 1. The maximum atomic E-state index is 10.5. The molecule has 0 aliphatic carbocycles. The molecule has 3 heterocycles. The highest BCUT2D eigenvalue weighted by Gasteiger charge is 2.04. The first-order chi connectivity index (χ1) is 8.38. The highest BCUT2D eigenvalue weighted by Crippen LogP contribution is 2.15. The molecule has 0 unspecified atom stereocenters. The second kappa shape index (κ2) is 3.79. The zero-order valence-corrected chi connectivity index (χ0v) is 8.82. The van der Waals surface area contributed by atoms with Crippen LogP contribution in [0.1, 0.15) is 10.4 Å². The minimum atomic E-state index is 0.555. The van der Waals surface area contributed by atoms with Crippen molar-refractivity contribution in [3.8, 4) is 5.82 Å². The SMILES string of the molecule is O=Cc1ccc(-n2cnc3cnccc32)nc1. The molecule has 0 spiro atoms. The second-order valence-electron chi connectivity index (χ2n) is 3.55. The van der Waals surface area contributed by atoms with Crippen LogP contribution in [0.3, 0.4) is 0 Å². The molecule has 5 nitrogen and oxygen atoms in total. The Labute approximate surface area is 96.8 Å². The Morgan fingerprint density at radius 1 is 1.12 bits per heavy atom. The van der Waals surface area contributed by atoms with Gasteiger partial charge in [0.25, 0.3) is 0 Å². The van der Waals surface area contributed by atoms with Gasteiger partial charge in [0.1, 0.15) is 17.7 Å². The molecule has 17 heavy (non-hydrogen) atoms. The van der Waals surface area contributed by atoms with E-state index in [1.54, 1.807) is 30.9 Å². The fraction of sp³-hybridized carbons (Fsp3) is 0. The number of pyridine rings is 2. The maximum Gasteiger partial charge on any atom is 0.151 e. The van der Waals surface area contributed by atoms with E-state index in [0.717, 1.165) is 23.1 Å². The lowest BCUT2D eigenvalue weighted by Crippen LogP contribution is -1.96. The summed E-state index contributed by atoms with van der Waals surface area (Å²) < 4.78 is 1.85. The van der Waals surface area contributed by atoms with Crippen LogP contribution in [0.5, 0.6) is 0 Å². The van der Waals surface area contributed by atoms with Crippen molar-refractivity contribution in [2.24, 2.45) is 0 Å². The van der Waals surface area contributed by atoms with Crippen molar-refractivity contribution in [3.63, 3.8) is 0 Å². The van der Waals surface area contributed by atoms with Crippen LogP contribution in [0, 0.1) is 0 Å². The lowest BCUT2D eigenvalue weighted by atomic mass is 10.3. The molecule has 3 aromatic rings. The normalized spacial score (nSPS) is 10.6. The predicted octanol–water partition coefficient (Wildman–Crippen LogP) is 1.63. The van der Waals surface area contributed by atoms with Gasteiger partial charge in [-0.2, -0.15) is 0 Å². The average Bonchev–Trinajstić information content (AvgIpc) is 2.83. The van der Waals surface area contributed by atoms with Crippen LogP contribution in [-0.2, 0) is 0 Å². The van der Waals surface area contributed by atoms with Crippen LogP contribution < -0.4 is 0 Å². The summed E-state index contributed by atoms with van der Waals surface area (Å²) in [6.07, 6.45) is 7.41. The number of hydrogen-bond donors (Lipinski definition) is 0. The van der Waals surface area contributed by atoms with Gasteiger partial charge in [-0.25, -0.2) is 9.97 Å². The zero-order valence-electron chi connectivity index (χ0n) is 8.82. The Hall–Kier alpha value is -2.56. The highest BCUT2D eigenvalue weighted by atomic mass is 16.1. The van der Waals surface area contributed by atoms with Gasteiger partial charge in [-0.1, -0.05) is 0 Å². The summed E-state index contributed by atoms with van der Waals surface area (Å²) in [5, 5.41) is 0. The smallest absolute Gasteiger partial charge is 0.151 e. The standard InChI is InChI=1S/C12H8N4O/c17-7-9-1-2-12(14-5-9)16-8-15-10-6-13-4-3-11(10)16/h1-8H. The van der Waals surface area contributed by atoms with Crippen LogP contribution >= 0.6 is 0 Å². The van der Waals surface area contributed by atoms with Crippen LogP contribution in [-0.4, -0.2) is 25.8 Å². The quantitative estimate of drug-likeness (QED) is 0.621. The van der Waals surface area contributed by atoms with Gasteiger partial charge in [-0.05, 0) is 18.2 Å². The monoisotopic (exact) mass is 224 g/mol. The lowest BCUT2D eigenvalue weighted by Gasteiger charge is -2.02. The number of nitrogens with zero attached hydrogens (tertiary/aromatic N) is 4. The van der Waals surface area contributed by atoms with E-state index in [0.29, 0.717) is 5.56 Å². The minimum Gasteiger partial charge on any atom is -0.298 e. The van der Waals surface area contributed by atoms with Crippen molar-refractivity contribution in [1.29, 1.82) is 0 Å². The summed E-state index contributed by atoms with van der Waals surface area (Å²) in [5.74, 6) is 0.726. The lowest BCUT2D eigenvalue weighted by molar-refractivity contribution is 0.112. The average molecular weight is 224 g/mol. The third-order valence-electron chi connectivity index (χ3n) is 2.50. The van der Waals surface area contributed by atoms with Gasteiger partial charge >= 0.3 is 0 Å². The Morgan fingerprint density at radius 2 is 2.06 bits per heavy atom. The molecule has 0 amide bonds. The van der Waals surface area contributed by atoms with Crippen LogP contribution in [0.15, 0.2) is 43.1 Å². The zero-order chi connectivity index (χ0) is 11.7. The van der Waals surface area contributed by atoms with Gasteiger partial charge in [-0.15, -0.1) is 0 Å². The van der Waals surface area contributed by atoms with E-state index in [2.05, 4.69) is 15.0 Å². The molecule has 0 fully saturated rings. The number of carbonyl (C=O) groups excluding carboxylic acids is 1. The molecule has 5 heteroatoms. The number of hydrogen-bond acceptors (Lipinski definition) is 4. The van der Waals surface area contributed by atoms with E-state index in [1.807, 2.05) is 10.6 Å². The summed E-state index contributed by atoms with van der Waals surface area (Å²) >= 11 is 0. The van der Waals surface area contributed by atoms with E-state index in [1.165, 1.54) is 6.20 Å². The first-order valence-electron chi connectivity index (χ1n) is 5.07. The van der Waals surface area contributed by atoms with Gasteiger partial charge in [-0.3, -0.25) is 14.3 Å². The fourth-order valence-corrected chi connectivity index (χ4v) is 1.66.